The van der Waals surface area contributed by atoms with Crippen molar-refractivity contribution in [3.63, 3.8) is 0 Å². The molecule has 1 aromatic carbocycles. The number of nitrogens with one attached hydrogen (secondary N) is 3. The molecular weight excluding hydrogens is 368 g/mol. The molecule has 5 rings (SSSR count). The molecule has 1 spiro atoms. The molecular formula is C22H28N4O3. The Bertz CT molecular complexity index is 864. The van der Waals surface area contributed by atoms with Crippen LogP contribution in [-0.4, -0.2) is 47.8 Å². The average molecular weight is 396 g/mol. The molecule has 29 heavy (non-hydrogen) atoms. The summed E-state index contributed by atoms with van der Waals surface area (Å²) in [5, 5.41) is 9.56. The second-order valence-corrected chi connectivity index (χ2v) is 9.16. The Morgan fingerprint density at radius 2 is 2.07 bits per heavy atom. The van der Waals surface area contributed by atoms with Gasteiger partial charge in [0, 0.05) is 44.2 Å². The topological polar surface area (TPSA) is 90.5 Å². The van der Waals surface area contributed by atoms with Crippen molar-refractivity contribution < 1.29 is 14.4 Å². The molecule has 3 heterocycles. The maximum Gasteiger partial charge on any atom is 0.255 e. The third kappa shape index (κ3) is 3.46. The van der Waals surface area contributed by atoms with Gasteiger partial charge in [-0.25, -0.2) is 0 Å². The van der Waals surface area contributed by atoms with Gasteiger partial charge in [-0.3, -0.25) is 19.7 Å². The highest BCUT2D eigenvalue weighted by Gasteiger charge is 2.43. The smallest absolute Gasteiger partial charge is 0.255 e. The Balaban J connectivity index is 1.18. The average Bonchev–Trinajstić information content (AvgIpc) is 3.24. The molecule has 7 heteroatoms. The van der Waals surface area contributed by atoms with Gasteiger partial charge >= 0.3 is 0 Å². The molecule has 154 valence electrons. The molecule has 3 aliphatic heterocycles. The highest BCUT2D eigenvalue weighted by Crippen LogP contribution is 2.46. The fourth-order valence-corrected chi connectivity index (χ4v) is 5.36. The van der Waals surface area contributed by atoms with E-state index in [0.29, 0.717) is 30.0 Å². The van der Waals surface area contributed by atoms with Crippen LogP contribution in [0.3, 0.4) is 0 Å². The van der Waals surface area contributed by atoms with Gasteiger partial charge in [0.25, 0.3) is 5.91 Å². The first-order valence-corrected chi connectivity index (χ1v) is 10.7. The van der Waals surface area contributed by atoms with E-state index in [0.717, 1.165) is 30.8 Å². The lowest BCUT2D eigenvalue weighted by Gasteiger charge is -2.37. The molecule has 7 nitrogen and oxygen atoms in total. The molecule has 1 saturated carbocycles. The molecule has 2 atom stereocenters. The van der Waals surface area contributed by atoms with Crippen LogP contribution in [0.4, 0.5) is 0 Å². The fraction of sp³-hybridized carbons (Fsp3) is 0.591. The molecule has 0 radical (unpaired) electrons. The maximum absolute atomic E-state index is 12.8. The van der Waals surface area contributed by atoms with Crippen LogP contribution < -0.4 is 16.0 Å². The number of hydrogen-bond donors (Lipinski definition) is 3. The SMILES string of the molecule is O=C1CCC(N2Cc3cc(CNCC4CC5(CCC5)CN4)ccc3C2=O)C(=O)N1. The van der Waals surface area contributed by atoms with Gasteiger partial charge in [0.15, 0.2) is 0 Å². The van der Waals surface area contributed by atoms with Gasteiger partial charge in [0.2, 0.25) is 11.8 Å². The zero-order chi connectivity index (χ0) is 20.0. The van der Waals surface area contributed by atoms with Crippen LogP contribution >= 0.6 is 0 Å². The summed E-state index contributed by atoms with van der Waals surface area (Å²) in [5.41, 5.74) is 3.37. The van der Waals surface area contributed by atoms with Crippen molar-refractivity contribution in [3.8, 4) is 0 Å². The second-order valence-electron chi connectivity index (χ2n) is 9.16. The van der Waals surface area contributed by atoms with Crippen molar-refractivity contribution in [2.75, 3.05) is 13.1 Å². The van der Waals surface area contributed by atoms with Crippen molar-refractivity contribution in [2.45, 2.75) is 63.7 Å². The second kappa shape index (κ2) is 7.22. The van der Waals surface area contributed by atoms with Gasteiger partial charge in [-0.2, -0.15) is 0 Å². The van der Waals surface area contributed by atoms with Crippen molar-refractivity contribution >= 4 is 17.7 Å². The first-order chi connectivity index (χ1) is 14.0. The van der Waals surface area contributed by atoms with Crippen LogP contribution in [0.5, 0.6) is 0 Å². The Morgan fingerprint density at radius 1 is 1.21 bits per heavy atom. The molecule has 2 saturated heterocycles. The van der Waals surface area contributed by atoms with E-state index in [2.05, 4.69) is 22.0 Å². The monoisotopic (exact) mass is 396 g/mol. The molecule has 0 aromatic heterocycles. The van der Waals surface area contributed by atoms with E-state index in [9.17, 15) is 14.4 Å². The lowest BCUT2D eigenvalue weighted by molar-refractivity contribution is -0.136. The van der Waals surface area contributed by atoms with Gasteiger partial charge in [-0.05, 0) is 48.3 Å². The van der Waals surface area contributed by atoms with E-state index in [1.54, 1.807) is 4.90 Å². The number of amides is 3. The molecule has 1 aliphatic carbocycles. The zero-order valence-electron chi connectivity index (χ0n) is 16.6. The van der Waals surface area contributed by atoms with E-state index >= 15 is 0 Å². The first-order valence-electron chi connectivity index (χ1n) is 10.7. The standard InChI is InChI=1S/C22H28N4O3/c27-19-5-4-18(20(28)25-19)26-12-15-8-14(2-3-17(15)21(26)29)10-23-11-16-9-22(13-24-16)6-1-7-22/h2-3,8,16,18,23-24H,1,4-7,9-13H2,(H,25,27,28). The van der Waals surface area contributed by atoms with Gasteiger partial charge in [-0.1, -0.05) is 18.6 Å². The van der Waals surface area contributed by atoms with E-state index < -0.39 is 6.04 Å². The lowest BCUT2D eigenvalue weighted by atomic mass is 9.67. The van der Waals surface area contributed by atoms with Gasteiger partial charge in [0.05, 0.1) is 0 Å². The summed E-state index contributed by atoms with van der Waals surface area (Å²) in [6.07, 6.45) is 6.08. The number of imide groups is 1. The van der Waals surface area contributed by atoms with Crippen molar-refractivity contribution in [2.24, 2.45) is 5.41 Å². The predicted octanol–water partition coefficient (Wildman–Crippen LogP) is 1.07. The highest BCUT2D eigenvalue weighted by molar-refractivity contribution is 6.05. The summed E-state index contributed by atoms with van der Waals surface area (Å²) < 4.78 is 0. The Kier molecular flexibility index (Phi) is 4.67. The van der Waals surface area contributed by atoms with Crippen LogP contribution in [0.2, 0.25) is 0 Å². The highest BCUT2D eigenvalue weighted by atomic mass is 16.2. The Hall–Kier alpha value is -2.25. The molecule has 4 aliphatic rings. The van der Waals surface area contributed by atoms with Crippen molar-refractivity contribution in [3.05, 3.63) is 34.9 Å². The number of fused-ring (bicyclic) bond motifs is 1. The third-order valence-corrected chi connectivity index (χ3v) is 7.17. The minimum absolute atomic E-state index is 0.116. The van der Waals surface area contributed by atoms with Crippen molar-refractivity contribution in [1.82, 2.24) is 20.9 Å². The molecule has 3 fully saturated rings. The summed E-state index contributed by atoms with van der Waals surface area (Å²) in [6, 6.07) is 5.93. The summed E-state index contributed by atoms with van der Waals surface area (Å²) >= 11 is 0. The van der Waals surface area contributed by atoms with Crippen LogP contribution in [-0.2, 0) is 22.7 Å². The molecule has 1 aromatic rings. The van der Waals surface area contributed by atoms with Crippen molar-refractivity contribution in [1.29, 1.82) is 0 Å². The van der Waals surface area contributed by atoms with Crippen LogP contribution in [0.15, 0.2) is 18.2 Å². The Labute approximate surface area is 170 Å². The summed E-state index contributed by atoms with van der Waals surface area (Å²) in [6.45, 7) is 3.32. The normalized spacial score (nSPS) is 27.9. The number of hydrogen-bond acceptors (Lipinski definition) is 5. The van der Waals surface area contributed by atoms with E-state index in [-0.39, 0.29) is 24.1 Å². The lowest BCUT2D eigenvalue weighted by Crippen LogP contribution is -2.52. The molecule has 2 unspecified atom stereocenters. The van der Waals surface area contributed by atoms with Crippen LogP contribution in [0.25, 0.3) is 0 Å². The predicted molar refractivity (Wildman–Crippen MR) is 107 cm³/mol. The number of rotatable bonds is 5. The summed E-state index contributed by atoms with van der Waals surface area (Å²) in [7, 11) is 0. The molecule has 0 bridgehead atoms. The van der Waals surface area contributed by atoms with E-state index in [1.165, 1.54) is 25.7 Å². The van der Waals surface area contributed by atoms with Crippen LogP contribution in [0.1, 0.15) is 60.0 Å². The number of piperidine rings is 1. The summed E-state index contributed by atoms with van der Waals surface area (Å²) in [4.78, 5) is 37.9. The fourth-order valence-electron chi connectivity index (χ4n) is 5.36. The van der Waals surface area contributed by atoms with E-state index in [1.807, 2.05) is 12.1 Å². The summed E-state index contributed by atoms with van der Waals surface area (Å²) in [5.74, 6) is -0.740. The first kappa shape index (κ1) is 18.8. The molecule has 3 amide bonds. The number of benzene rings is 1. The number of carbonyl (C=O) groups is 3. The van der Waals surface area contributed by atoms with E-state index in [4.69, 9.17) is 0 Å². The number of nitrogens with zero attached hydrogens (tertiary/aromatic N) is 1. The minimum atomic E-state index is -0.554. The third-order valence-electron chi connectivity index (χ3n) is 7.17. The quantitative estimate of drug-likeness (QED) is 0.648. The largest absolute Gasteiger partial charge is 0.322 e. The van der Waals surface area contributed by atoms with Gasteiger partial charge in [0.1, 0.15) is 6.04 Å². The number of carbonyl (C=O) groups excluding carboxylic acids is 3. The van der Waals surface area contributed by atoms with Gasteiger partial charge in [-0.15, -0.1) is 0 Å². The zero-order valence-corrected chi connectivity index (χ0v) is 16.6. The minimum Gasteiger partial charge on any atom is -0.322 e. The van der Waals surface area contributed by atoms with Crippen LogP contribution in [0, 0.1) is 5.41 Å². The molecule has 3 N–H and O–H groups in total. The Morgan fingerprint density at radius 3 is 2.79 bits per heavy atom. The van der Waals surface area contributed by atoms with Gasteiger partial charge < -0.3 is 15.5 Å². The maximum atomic E-state index is 12.8.